The van der Waals surface area contributed by atoms with Crippen molar-refractivity contribution in [3.8, 4) is 0 Å². The van der Waals surface area contributed by atoms with E-state index in [4.69, 9.17) is 5.11 Å². The molecule has 1 amide bonds. The van der Waals surface area contributed by atoms with Gasteiger partial charge in [-0.25, -0.2) is 4.79 Å². The summed E-state index contributed by atoms with van der Waals surface area (Å²) in [5.74, 6) is -0.744. The van der Waals surface area contributed by atoms with E-state index in [0.717, 1.165) is 24.0 Å². The molecule has 1 N–H and O–H groups in total. The topological polar surface area (TPSA) is 57.6 Å². The lowest BCUT2D eigenvalue weighted by atomic mass is 10.1. The van der Waals surface area contributed by atoms with Gasteiger partial charge in [-0.1, -0.05) is 32.3 Å². The maximum atomic E-state index is 12.1. The quantitative estimate of drug-likeness (QED) is 0.811. The van der Waals surface area contributed by atoms with Crippen LogP contribution in [0, 0.1) is 0 Å². The van der Waals surface area contributed by atoms with Crippen LogP contribution >= 0.6 is 0 Å². The van der Waals surface area contributed by atoms with Crippen LogP contribution in [0.15, 0.2) is 18.2 Å². The van der Waals surface area contributed by atoms with Crippen LogP contribution < -0.4 is 0 Å². The summed E-state index contributed by atoms with van der Waals surface area (Å²) in [7, 11) is 0. The fourth-order valence-electron chi connectivity index (χ4n) is 2.57. The number of hydrogen-bond acceptors (Lipinski definition) is 2. The Morgan fingerprint density at radius 2 is 1.90 bits per heavy atom. The van der Waals surface area contributed by atoms with Gasteiger partial charge in [0.25, 0.3) is 0 Å². The van der Waals surface area contributed by atoms with Crippen LogP contribution in [0.25, 0.3) is 0 Å². The third kappa shape index (κ3) is 3.38. The van der Waals surface area contributed by atoms with Crippen molar-refractivity contribution in [1.82, 2.24) is 4.90 Å². The number of amides is 1. The van der Waals surface area contributed by atoms with Crippen LogP contribution in [0.1, 0.15) is 60.5 Å². The first-order valence-electron chi connectivity index (χ1n) is 7.24. The van der Waals surface area contributed by atoms with Gasteiger partial charge in [-0.2, -0.15) is 0 Å². The van der Waals surface area contributed by atoms with Crippen molar-refractivity contribution >= 4 is 11.9 Å². The number of aromatic carboxylic acids is 1. The van der Waals surface area contributed by atoms with Crippen molar-refractivity contribution in [2.45, 2.75) is 52.1 Å². The van der Waals surface area contributed by atoms with Crippen molar-refractivity contribution in [1.29, 1.82) is 0 Å². The number of nitrogens with zero attached hydrogens (tertiary/aromatic N) is 1. The lowest BCUT2D eigenvalue weighted by molar-refractivity contribution is -0.131. The smallest absolute Gasteiger partial charge is 0.335 e. The van der Waals surface area contributed by atoms with Crippen LogP contribution in [0.4, 0.5) is 0 Å². The van der Waals surface area contributed by atoms with Crippen molar-refractivity contribution in [3.63, 3.8) is 0 Å². The van der Waals surface area contributed by atoms with E-state index < -0.39 is 5.97 Å². The summed E-state index contributed by atoms with van der Waals surface area (Å²) in [6, 6.07) is 5.11. The van der Waals surface area contributed by atoms with Gasteiger partial charge in [-0.3, -0.25) is 4.79 Å². The highest BCUT2D eigenvalue weighted by molar-refractivity contribution is 5.88. The van der Waals surface area contributed by atoms with Crippen LogP contribution in [0.2, 0.25) is 0 Å². The van der Waals surface area contributed by atoms with Crippen molar-refractivity contribution in [2.75, 3.05) is 0 Å². The molecule has 1 heterocycles. The third-order valence-corrected chi connectivity index (χ3v) is 3.77. The van der Waals surface area contributed by atoms with Crippen molar-refractivity contribution in [3.05, 3.63) is 34.9 Å². The SMILES string of the molecule is CCCCCCC(=O)N1Cc2ccc(C(=O)O)cc2C1. The number of carboxylic acid groups (broad SMARTS) is 1. The number of carboxylic acids is 1. The largest absolute Gasteiger partial charge is 0.478 e. The highest BCUT2D eigenvalue weighted by Gasteiger charge is 2.23. The van der Waals surface area contributed by atoms with Gasteiger partial charge in [0.05, 0.1) is 5.56 Å². The number of unbranched alkanes of at least 4 members (excludes halogenated alkanes) is 3. The Hall–Kier alpha value is -1.84. The van der Waals surface area contributed by atoms with Crippen LogP contribution in [0.3, 0.4) is 0 Å². The lowest BCUT2D eigenvalue weighted by Crippen LogP contribution is -2.24. The predicted octanol–water partition coefficient (Wildman–Crippen LogP) is 3.20. The minimum absolute atomic E-state index is 0.175. The standard InChI is InChI=1S/C16H21NO3/c1-2-3-4-5-6-15(18)17-10-13-8-7-12(16(19)20)9-14(13)11-17/h7-9H,2-6,10-11H2,1H3,(H,19,20). The number of hydrogen-bond donors (Lipinski definition) is 1. The Morgan fingerprint density at radius 1 is 1.15 bits per heavy atom. The highest BCUT2D eigenvalue weighted by atomic mass is 16.4. The zero-order valence-electron chi connectivity index (χ0n) is 11.9. The number of rotatable bonds is 6. The molecule has 108 valence electrons. The molecule has 0 atom stereocenters. The number of fused-ring (bicyclic) bond motifs is 1. The van der Waals surface area contributed by atoms with Gasteiger partial charge in [0, 0.05) is 19.5 Å². The molecule has 0 radical (unpaired) electrons. The van der Waals surface area contributed by atoms with E-state index in [1.165, 1.54) is 12.8 Å². The summed E-state index contributed by atoms with van der Waals surface area (Å²) in [6.45, 7) is 3.31. The number of benzene rings is 1. The molecule has 4 nitrogen and oxygen atoms in total. The predicted molar refractivity (Wildman–Crippen MR) is 76.4 cm³/mol. The molecule has 0 spiro atoms. The van der Waals surface area contributed by atoms with Gasteiger partial charge in [-0.15, -0.1) is 0 Å². The molecule has 0 saturated heterocycles. The summed E-state index contributed by atoms with van der Waals surface area (Å²) >= 11 is 0. The maximum absolute atomic E-state index is 12.1. The molecular weight excluding hydrogens is 254 g/mol. The molecule has 20 heavy (non-hydrogen) atoms. The molecule has 1 aromatic carbocycles. The molecule has 0 bridgehead atoms. The molecule has 4 heteroatoms. The second kappa shape index (κ2) is 6.55. The summed E-state index contributed by atoms with van der Waals surface area (Å²) in [5, 5.41) is 8.98. The fraction of sp³-hybridized carbons (Fsp3) is 0.500. The van der Waals surface area contributed by atoms with E-state index >= 15 is 0 Å². The molecule has 0 aliphatic carbocycles. The minimum Gasteiger partial charge on any atom is -0.478 e. The van der Waals surface area contributed by atoms with E-state index in [2.05, 4.69) is 6.92 Å². The van der Waals surface area contributed by atoms with Gasteiger partial charge in [0.2, 0.25) is 5.91 Å². The van der Waals surface area contributed by atoms with Crippen molar-refractivity contribution < 1.29 is 14.7 Å². The normalized spacial score (nSPS) is 13.3. The van der Waals surface area contributed by atoms with Crippen LogP contribution in [0.5, 0.6) is 0 Å². The van der Waals surface area contributed by atoms with E-state index in [0.29, 0.717) is 25.1 Å². The fourth-order valence-corrected chi connectivity index (χ4v) is 2.57. The average molecular weight is 275 g/mol. The first-order chi connectivity index (χ1) is 9.61. The Kier molecular flexibility index (Phi) is 4.77. The molecule has 0 unspecified atom stereocenters. The van der Waals surface area contributed by atoms with E-state index in [1.54, 1.807) is 12.1 Å². The molecular formula is C16H21NO3. The molecule has 0 fully saturated rings. The summed E-state index contributed by atoms with van der Waals surface area (Å²) in [5.41, 5.74) is 2.32. The van der Waals surface area contributed by atoms with Crippen LogP contribution in [-0.2, 0) is 17.9 Å². The third-order valence-electron chi connectivity index (χ3n) is 3.77. The number of carbonyl (C=O) groups excluding carboxylic acids is 1. The maximum Gasteiger partial charge on any atom is 0.335 e. The monoisotopic (exact) mass is 275 g/mol. The first-order valence-corrected chi connectivity index (χ1v) is 7.24. The summed E-state index contributed by atoms with van der Waals surface area (Å²) < 4.78 is 0. The van der Waals surface area contributed by atoms with E-state index in [1.807, 2.05) is 11.0 Å². The minimum atomic E-state index is -0.919. The molecule has 2 rings (SSSR count). The molecule has 1 aliphatic heterocycles. The van der Waals surface area contributed by atoms with Gasteiger partial charge in [-0.05, 0) is 29.7 Å². The second-order valence-corrected chi connectivity index (χ2v) is 5.35. The van der Waals surface area contributed by atoms with Crippen molar-refractivity contribution in [2.24, 2.45) is 0 Å². The first kappa shape index (κ1) is 14.6. The molecule has 1 aliphatic rings. The average Bonchev–Trinajstić information content (AvgIpc) is 2.86. The van der Waals surface area contributed by atoms with Gasteiger partial charge in [0.1, 0.15) is 0 Å². The highest BCUT2D eigenvalue weighted by Crippen LogP contribution is 2.25. The zero-order valence-corrected chi connectivity index (χ0v) is 11.9. The van der Waals surface area contributed by atoms with E-state index in [9.17, 15) is 9.59 Å². The van der Waals surface area contributed by atoms with E-state index in [-0.39, 0.29) is 5.91 Å². The number of carbonyl (C=O) groups is 2. The lowest BCUT2D eigenvalue weighted by Gasteiger charge is -2.15. The van der Waals surface area contributed by atoms with Crippen LogP contribution in [-0.4, -0.2) is 21.9 Å². The summed E-state index contributed by atoms with van der Waals surface area (Å²) in [4.78, 5) is 24.9. The Bertz CT molecular complexity index is 510. The summed E-state index contributed by atoms with van der Waals surface area (Å²) in [6.07, 6.45) is 4.99. The Labute approximate surface area is 119 Å². The Morgan fingerprint density at radius 3 is 2.60 bits per heavy atom. The molecule has 0 saturated carbocycles. The van der Waals surface area contributed by atoms with Gasteiger partial charge in [0.15, 0.2) is 0 Å². The van der Waals surface area contributed by atoms with Gasteiger partial charge >= 0.3 is 5.97 Å². The second-order valence-electron chi connectivity index (χ2n) is 5.35. The Balaban J connectivity index is 1.92. The van der Waals surface area contributed by atoms with Gasteiger partial charge < -0.3 is 10.0 Å². The zero-order chi connectivity index (χ0) is 14.5. The molecule has 0 aromatic heterocycles. The molecule has 1 aromatic rings.